The van der Waals surface area contributed by atoms with Crippen LogP contribution in [0.2, 0.25) is 0 Å². The van der Waals surface area contributed by atoms with Crippen LogP contribution in [0.1, 0.15) is 48.8 Å². The highest BCUT2D eigenvalue weighted by Gasteiger charge is 2.42. The van der Waals surface area contributed by atoms with E-state index in [-0.39, 0.29) is 32.0 Å². The Bertz CT molecular complexity index is 1350. The number of sulfonamides is 1. The summed E-state index contributed by atoms with van der Waals surface area (Å²) in [6.45, 7) is 4.12. The zero-order chi connectivity index (χ0) is 30.3. The lowest BCUT2D eigenvalue weighted by atomic mass is 9.91. The summed E-state index contributed by atoms with van der Waals surface area (Å²) >= 11 is 3.25. The van der Waals surface area contributed by atoms with Crippen LogP contribution in [0.3, 0.4) is 0 Å². The summed E-state index contributed by atoms with van der Waals surface area (Å²) in [4.78, 5) is 28.8. The number of carbonyl (C=O) groups is 2. The fourth-order valence-electron chi connectivity index (χ4n) is 5.65. The number of hydrogen-bond donors (Lipinski definition) is 3. The number of halogens is 2. The van der Waals surface area contributed by atoms with Crippen molar-refractivity contribution in [1.29, 1.82) is 0 Å². The van der Waals surface area contributed by atoms with Crippen molar-refractivity contribution in [2.45, 2.75) is 70.4 Å². The van der Waals surface area contributed by atoms with Gasteiger partial charge in [-0.1, -0.05) is 51.8 Å². The SMILES string of the molecule is Cc1cccc(CNC(=O)[C@H]2C[C@@H](OCc3ccc(Br)cc3F)CN2C(=O)[C@@H](CCC2CCNCC2)NS(C)(=O)=O)c1. The van der Waals surface area contributed by atoms with Gasteiger partial charge >= 0.3 is 0 Å². The molecule has 42 heavy (non-hydrogen) atoms. The number of piperidine rings is 1. The minimum Gasteiger partial charge on any atom is -0.371 e. The van der Waals surface area contributed by atoms with Crippen molar-refractivity contribution in [2.75, 3.05) is 25.9 Å². The number of likely N-dealkylation sites (tertiary alicyclic amines) is 1. The van der Waals surface area contributed by atoms with Gasteiger partial charge in [-0.15, -0.1) is 0 Å². The molecule has 4 rings (SSSR count). The van der Waals surface area contributed by atoms with Crippen LogP contribution in [0, 0.1) is 18.7 Å². The number of nitrogens with zero attached hydrogens (tertiary/aromatic N) is 1. The van der Waals surface area contributed by atoms with Gasteiger partial charge < -0.3 is 20.3 Å². The molecule has 3 atom stereocenters. The van der Waals surface area contributed by atoms with E-state index in [9.17, 15) is 22.4 Å². The smallest absolute Gasteiger partial charge is 0.243 e. The van der Waals surface area contributed by atoms with Crippen LogP contribution in [0.5, 0.6) is 0 Å². The molecule has 0 radical (unpaired) electrons. The molecule has 3 N–H and O–H groups in total. The first kappa shape index (κ1) is 32.5. The molecule has 2 aliphatic heterocycles. The number of amides is 2. The number of rotatable bonds is 12. The second-order valence-corrected chi connectivity index (χ2v) is 14.0. The van der Waals surface area contributed by atoms with Crippen molar-refractivity contribution in [3.05, 3.63) is 69.4 Å². The molecule has 2 saturated heterocycles. The first-order valence-electron chi connectivity index (χ1n) is 14.4. The third-order valence-corrected chi connectivity index (χ3v) is 9.07. The quantitative estimate of drug-likeness (QED) is 0.320. The Morgan fingerprint density at radius 1 is 1.19 bits per heavy atom. The Morgan fingerprint density at radius 3 is 2.64 bits per heavy atom. The topological polar surface area (TPSA) is 117 Å². The van der Waals surface area contributed by atoms with Crippen LogP contribution in [0.25, 0.3) is 0 Å². The summed E-state index contributed by atoms with van der Waals surface area (Å²) in [5, 5.41) is 6.25. The Kier molecular flexibility index (Phi) is 11.5. The predicted molar refractivity (Wildman–Crippen MR) is 162 cm³/mol. The number of nitrogens with one attached hydrogen (secondary N) is 3. The third-order valence-electron chi connectivity index (χ3n) is 7.86. The monoisotopic (exact) mass is 666 g/mol. The zero-order valence-electron chi connectivity index (χ0n) is 24.1. The van der Waals surface area contributed by atoms with Crippen molar-refractivity contribution in [2.24, 2.45) is 5.92 Å². The summed E-state index contributed by atoms with van der Waals surface area (Å²) in [7, 11) is -3.69. The molecule has 12 heteroatoms. The van der Waals surface area contributed by atoms with Gasteiger partial charge in [0.15, 0.2) is 0 Å². The fraction of sp³-hybridized carbons (Fsp3) is 0.533. The van der Waals surface area contributed by atoms with Crippen LogP contribution in [-0.4, -0.2) is 69.2 Å². The van der Waals surface area contributed by atoms with Crippen molar-refractivity contribution >= 4 is 37.8 Å². The van der Waals surface area contributed by atoms with Crippen LogP contribution in [0.4, 0.5) is 4.39 Å². The Labute approximate surface area is 256 Å². The highest BCUT2D eigenvalue weighted by Crippen LogP contribution is 2.26. The van der Waals surface area contributed by atoms with E-state index in [0.717, 1.165) is 43.3 Å². The Balaban J connectivity index is 1.50. The molecule has 0 aromatic heterocycles. The molecule has 2 aromatic carbocycles. The maximum atomic E-state index is 14.4. The van der Waals surface area contributed by atoms with Crippen LogP contribution in [-0.2, 0) is 37.5 Å². The van der Waals surface area contributed by atoms with Crippen LogP contribution < -0.4 is 15.4 Å². The van der Waals surface area contributed by atoms with Gasteiger partial charge in [0, 0.05) is 29.5 Å². The summed E-state index contributed by atoms with van der Waals surface area (Å²) < 4.78 is 48.1. The molecule has 0 bridgehead atoms. The molecule has 2 aliphatic rings. The molecule has 2 fully saturated rings. The zero-order valence-corrected chi connectivity index (χ0v) is 26.5. The molecular formula is C30H40BrFN4O5S. The molecule has 2 aromatic rings. The number of carbonyl (C=O) groups excluding carboxylic acids is 2. The van der Waals surface area contributed by atoms with E-state index >= 15 is 0 Å². The van der Waals surface area contributed by atoms with E-state index in [1.54, 1.807) is 12.1 Å². The molecule has 2 amide bonds. The molecule has 9 nitrogen and oxygen atoms in total. The highest BCUT2D eigenvalue weighted by atomic mass is 79.9. The lowest BCUT2D eigenvalue weighted by molar-refractivity contribution is -0.140. The molecular weight excluding hydrogens is 627 g/mol. The summed E-state index contributed by atoms with van der Waals surface area (Å²) in [6, 6.07) is 10.6. The average molecular weight is 668 g/mol. The average Bonchev–Trinajstić information content (AvgIpc) is 3.37. The van der Waals surface area contributed by atoms with E-state index < -0.39 is 39.9 Å². The van der Waals surface area contributed by atoms with Gasteiger partial charge in [-0.25, -0.2) is 17.5 Å². The van der Waals surface area contributed by atoms with E-state index in [1.165, 1.54) is 11.0 Å². The third kappa shape index (κ3) is 9.57. The molecule has 0 spiro atoms. The first-order valence-corrected chi connectivity index (χ1v) is 17.0. The van der Waals surface area contributed by atoms with Gasteiger partial charge in [-0.05, 0) is 69.3 Å². The van der Waals surface area contributed by atoms with Gasteiger partial charge in [0.25, 0.3) is 0 Å². The molecule has 0 aliphatic carbocycles. The maximum Gasteiger partial charge on any atom is 0.243 e. The Morgan fingerprint density at radius 2 is 1.95 bits per heavy atom. The standard InChI is InChI=1S/C30H40BrFN4O5S/c1-20-4-3-5-22(14-20)17-34-29(37)28-16-25(41-19-23-7-8-24(31)15-26(23)32)18-36(28)30(38)27(35-42(2,39)40)9-6-21-10-12-33-13-11-21/h3-5,7-8,14-15,21,25,27-28,33,35H,6,9-13,16-19H2,1-2H3,(H,34,37)/t25-,27-,28-/m1/s1. The molecule has 230 valence electrons. The maximum absolute atomic E-state index is 14.4. The molecule has 0 unspecified atom stereocenters. The van der Waals surface area contributed by atoms with E-state index in [2.05, 4.69) is 31.3 Å². The van der Waals surface area contributed by atoms with Crippen molar-refractivity contribution < 1.29 is 27.1 Å². The van der Waals surface area contributed by atoms with Gasteiger partial charge in [-0.2, -0.15) is 0 Å². The lowest BCUT2D eigenvalue weighted by Crippen LogP contribution is -2.53. The summed E-state index contributed by atoms with van der Waals surface area (Å²) in [5.41, 5.74) is 2.36. The number of hydrogen-bond acceptors (Lipinski definition) is 6. The number of ether oxygens (including phenoxy) is 1. The van der Waals surface area contributed by atoms with E-state index in [4.69, 9.17) is 4.74 Å². The van der Waals surface area contributed by atoms with Crippen molar-refractivity contribution in [3.8, 4) is 0 Å². The van der Waals surface area contributed by atoms with Crippen molar-refractivity contribution in [1.82, 2.24) is 20.3 Å². The number of aryl methyl sites for hydroxylation is 1. The largest absolute Gasteiger partial charge is 0.371 e. The van der Waals surface area contributed by atoms with Gasteiger partial charge in [0.2, 0.25) is 21.8 Å². The van der Waals surface area contributed by atoms with Gasteiger partial charge in [0.05, 0.1) is 19.0 Å². The van der Waals surface area contributed by atoms with Crippen molar-refractivity contribution in [3.63, 3.8) is 0 Å². The van der Waals surface area contributed by atoms with E-state index in [0.29, 0.717) is 28.8 Å². The normalized spacial score (nSPS) is 20.4. The first-order chi connectivity index (χ1) is 20.0. The summed E-state index contributed by atoms with van der Waals surface area (Å²) in [5.74, 6) is -0.821. The van der Waals surface area contributed by atoms with Gasteiger partial charge in [0.1, 0.15) is 17.9 Å². The predicted octanol–water partition coefficient (Wildman–Crippen LogP) is 3.40. The van der Waals surface area contributed by atoms with Gasteiger partial charge in [-0.3, -0.25) is 9.59 Å². The second-order valence-electron chi connectivity index (χ2n) is 11.3. The Hall–Kier alpha value is -2.38. The van der Waals surface area contributed by atoms with Crippen LogP contribution >= 0.6 is 15.9 Å². The fourth-order valence-corrected chi connectivity index (χ4v) is 6.72. The second kappa shape index (κ2) is 14.9. The molecule has 0 saturated carbocycles. The number of benzene rings is 2. The minimum absolute atomic E-state index is 0.0236. The lowest BCUT2D eigenvalue weighted by Gasteiger charge is -2.30. The highest BCUT2D eigenvalue weighted by molar-refractivity contribution is 9.10. The minimum atomic E-state index is -3.69. The summed E-state index contributed by atoms with van der Waals surface area (Å²) in [6.07, 6.45) is 3.68. The van der Waals surface area contributed by atoms with E-state index in [1.807, 2.05) is 31.2 Å². The van der Waals surface area contributed by atoms with Crippen LogP contribution in [0.15, 0.2) is 46.9 Å². The molecule has 2 heterocycles.